The van der Waals surface area contributed by atoms with Gasteiger partial charge in [0.25, 0.3) is 0 Å². The van der Waals surface area contributed by atoms with Gasteiger partial charge in [0.05, 0.1) is 6.04 Å². The van der Waals surface area contributed by atoms with E-state index in [2.05, 4.69) is 46.5 Å². The van der Waals surface area contributed by atoms with Gasteiger partial charge in [0.15, 0.2) is 5.78 Å². The lowest BCUT2D eigenvalue weighted by molar-refractivity contribution is -0.112. The van der Waals surface area contributed by atoms with Crippen LogP contribution >= 0.6 is 0 Å². The number of benzene rings is 1. The highest BCUT2D eigenvalue weighted by Gasteiger charge is 2.26. The number of aliphatic imine (C=N–C) groups is 1. The number of allylic oxidation sites excluding steroid dienone is 4. The lowest BCUT2D eigenvalue weighted by Crippen LogP contribution is -2.39. The van der Waals surface area contributed by atoms with Gasteiger partial charge in [-0.1, -0.05) is 77.8 Å². The number of Topliss-reactive ketones (excluding diaryl/α,β-unsaturated/α-hetero) is 1. The standard InChI is InChI=1S/C29H40N2O2/c1-19(2)14-22-15-20(3)16-23(27(22)32)18-31-26-13-8-7-12-25(26)30-17-21-10-9-11-24(28(21)33)29(4,5)6/h9-11,15,17-19,25-26,31,33H,3,7-8,12-14,16H2,1-2,4-6H3/t25-,26-/m1/s1. The van der Waals surface area contributed by atoms with Gasteiger partial charge in [0.1, 0.15) is 5.75 Å². The van der Waals surface area contributed by atoms with Gasteiger partial charge in [0, 0.05) is 41.6 Å². The van der Waals surface area contributed by atoms with Crippen LogP contribution in [0.2, 0.25) is 0 Å². The Balaban J connectivity index is 1.75. The molecule has 1 saturated carbocycles. The Morgan fingerprint density at radius 2 is 1.97 bits per heavy atom. The first kappa shape index (κ1) is 25.0. The lowest BCUT2D eigenvalue weighted by Gasteiger charge is -2.30. The minimum atomic E-state index is -0.131. The van der Waals surface area contributed by atoms with E-state index in [0.717, 1.165) is 60.0 Å². The molecular weight excluding hydrogens is 408 g/mol. The predicted octanol–water partition coefficient (Wildman–Crippen LogP) is 6.39. The zero-order chi connectivity index (χ0) is 24.2. The molecule has 2 N–H and O–H groups in total. The number of aromatic hydroxyl groups is 1. The van der Waals surface area contributed by atoms with Crippen molar-refractivity contribution in [2.24, 2.45) is 10.9 Å². The van der Waals surface area contributed by atoms with Crippen LogP contribution in [0.25, 0.3) is 0 Å². The Labute approximate surface area is 199 Å². The number of nitrogens with one attached hydrogen (secondary N) is 1. The second kappa shape index (κ2) is 10.5. The number of carbonyl (C=O) groups is 1. The third kappa shape index (κ3) is 6.46. The number of phenolic OH excluding ortho intramolecular Hbond substituents is 1. The third-order valence-corrected chi connectivity index (χ3v) is 6.49. The van der Waals surface area contributed by atoms with Crippen molar-refractivity contribution in [2.45, 2.75) is 90.6 Å². The van der Waals surface area contributed by atoms with Crippen molar-refractivity contribution >= 4 is 12.0 Å². The summed E-state index contributed by atoms with van der Waals surface area (Å²) in [7, 11) is 0. The van der Waals surface area contributed by atoms with Crippen LogP contribution in [-0.2, 0) is 10.2 Å². The first-order chi connectivity index (χ1) is 15.6. The summed E-state index contributed by atoms with van der Waals surface area (Å²) in [6.07, 6.45) is 11.4. The fraction of sp³-hybridized carbons (Fsp3) is 0.517. The second-order valence-corrected chi connectivity index (χ2v) is 11.0. The number of rotatable bonds is 6. The Bertz CT molecular complexity index is 976. The minimum Gasteiger partial charge on any atom is -0.507 e. The molecule has 0 saturated heterocycles. The van der Waals surface area contributed by atoms with Gasteiger partial charge in [0.2, 0.25) is 0 Å². The van der Waals surface area contributed by atoms with Crippen molar-refractivity contribution in [1.82, 2.24) is 5.32 Å². The molecule has 178 valence electrons. The molecule has 1 aromatic carbocycles. The van der Waals surface area contributed by atoms with E-state index >= 15 is 0 Å². The number of hydrogen-bond donors (Lipinski definition) is 2. The first-order valence-corrected chi connectivity index (χ1v) is 12.3. The van der Waals surface area contributed by atoms with Crippen molar-refractivity contribution < 1.29 is 9.90 Å². The van der Waals surface area contributed by atoms with Gasteiger partial charge in [-0.25, -0.2) is 0 Å². The number of hydrogen-bond acceptors (Lipinski definition) is 4. The first-order valence-electron chi connectivity index (χ1n) is 12.3. The van der Waals surface area contributed by atoms with Crippen LogP contribution in [0.3, 0.4) is 0 Å². The molecule has 0 radical (unpaired) electrons. The fourth-order valence-corrected chi connectivity index (χ4v) is 4.74. The number of nitrogens with zero attached hydrogens (tertiary/aromatic N) is 1. The summed E-state index contributed by atoms with van der Waals surface area (Å²) in [5.41, 5.74) is 4.20. The summed E-state index contributed by atoms with van der Waals surface area (Å²) in [5.74, 6) is 0.890. The van der Waals surface area contributed by atoms with Crippen molar-refractivity contribution in [1.29, 1.82) is 0 Å². The Morgan fingerprint density at radius 1 is 1.24 bits per heavy atom. The number of ketones is 1. The average Bonchev–Trinajstić information content (AvgIpc) is 2.73. The largest absolute Gasteiger partial charge is 0.507 e. The highest BCUT2D eigenvalue weighted by molar-refractivity contribution is 6.10. The highest BCUT2D eigenvalue weighted by atomic mass is 16.3. The highest BCUT2D eigenvalue weighted by Crippen LogP contribution is 2.33. The Morgan fingerprint density at radius 3 is 2.67 bits per heavy atom. The molecule has 1 fully saturated rings. The summed E-state index contributed by atoms with van der Waals surface area (Å²) in [4.78, 5) is 17.8. The second-order valence-electron chi connectivity index (χ2n) is 11.0. The van der Waals surface area contributed by atoms with E-state index < -0.39 is 0 Å². The summed E-state index contributed by atoms with van der Waals surface area (Å²) in [6, 6.07) is 6.15. The normalized spacial score (nSPS) is 23.5. The number of para-hydroxylation sites is 1. The SMILES string of the molecule is C=C1C=C(CC(C)C)C(=O)C(=CN[C@@H]2CCCC[C@H]2N=Cc2cccc(C(C)(C)C)c2O)C1. The smallest absolute Gasteiger partial charge is 0.186 e. The van der Waals surface area contributed by atoms with Crippen LogP contribution < -0.4 is 5.32 Å². The van der Waals surface area contributed by atoms with Crippen molar-refractivity contribution in [3.8, 4) is 5.75 Å². The summed E-state index contributed by atoms with van der Waals surface area (Å²) >= 11 is 0. The van der Waals surface area contributed by atoms with E-state index in [4.69, 9.17) is 4.99 Å². The van der Waals surface area contributed by atoms with Gasteiger partial charge in [-0.2, -0.15) is 0 Å². The topological polar surface area (TPSA) is 61.7 Å². The molecule has 0 amide bonds. The molecule has 3 rings (SSSR count). The van der Waals surface area contributed by atoms with Gasteiger partial charge >= 0.3 is 0 Å². The Hall–Kier alpha value is -2.62. The van der Waals surface area contributed by atoms with Crippen LogP contribution in [0.1, 0.15) is 84.3 Å². The third-order valence-electron chi connectivity index (χ3n) is 6.49. The van der Waals surface area contributed by atoms with Crippen LogP contribution in [0, 0.1) is 5.92 Å². The zero-order valence-electron chi connectivity index (χ0n) is 20.9. The molecule has 0 aromatic heterocycles. The maximum absolute atomic E-state index is 12.9. The molecule has 33 heavy (non-hydrogen) atoms. The van der Waals surface area contributed by atoms with Crippen molar-refractivity contribution in [2.75, 3.05) is 0 Å². The number of phenols is 1. The summed E-state index contributed by atoms with van der Waals surface area (Å²) in [5, 5.41) is 14.3. The quantitative estimate of drug-likeness (QED) is 0.391. The predicted molar refractivity (Wildman–Crippen MR) is 138 cm³/mol. The minimum absolute atomic E-state index is 0.112. The monoisotopic (exact) mass is 448 g/mol. The zero-order valence-corrected chi connectivity index (χ0v) is 20.9. The summed E-state index contributed by atoms with van der Waals surface area (Å²) < 4.78 is 0. The van der Waals surface area contributed by atoms with Crippen LogP contribution in [0.4, 0.5) is 0 Å². The number of carbonyl (C=O) groups excluding carboxylic acids is 1. The molecule has 2 aliphatic rings. The molecule has 0 aliphatic heterocycles. The molecule has 4 heteroatoms. The van der Waals surface area contributed by atoms with E-state index in [9.17, 15) is 9.90 Å². The average molecular weight is 449 g/mol. The molecule has 2 aliphatic carbocycles. The van der Waals surface area contributed by atoms with Gasteiger partial charge < -0.3 is 10.4 Å². The molecule has 0 bridgehead atoms. The van der Waals surface area contributed by atoms with E-state index in [1.807, 2.05) is 36.7 Å². The van der Waals surface area contributed by atoms with E-state index in [0.29, 0.717) is 18.1 Å². The van der Waals surface area contributed by atoms with E-state index in [1.54, 1.807) is 0 Å². The van der Waals surface area contributed by atoms with Crippen LogP contribution in [-0.4, -0.2) is 29.2 Å². The molecule has 1 aromatic rings. The van der Waals surface area contributed by atoms with Crippen molar-refractivity contribution in [3.63, 3.8) is 0 Å². The van der Waals surface area contributed by atoms with Gasteiger partial charge in [-0.3, -0.25) is 9.79 Å². The summed E-state index contributed by atoms with van der Waals surface area (Å²) in [6.45, 7) is 14.7. The lowest BCUT2D eigenvalue weighted by atomic mass is 9.85. The molecule has 4 nitrogen and oxygen atoms in total. The molecule has 0 spiro atoms. The molecule has 0 heterocycles. The maximum atomic E-state index is 12.9. The van der Waals surface area contributed by atoms with Crippen LogP contribution in [0.15, 0.2) is 58.8 Å². The van der Waals surface area contributed by atoms with Crippen LogP contribution in [0.5, 0.6) is 5.75 Å². The molecule has 2 atom stereocenters. The van der Waals surface area contributed by atoms with Gasteiger partial charge in [-0.05, 0) is 42.2 Å². The van der Waals surface area contributed by atoms with Crippen molar-refractivity contribution in [3.05, 3.63) is 64.9 Å². The molecule has 0 unspecified atom stereocenters. The maximum Gasteiger partial charge on any atom is 0.186 e. The fourth-order valence-electron chi connectivity index (χ4n) is 4.74. The molecular formula is C29H40N2O2. The van der Waals surface area contributed by atoms with E-state index in [-0.39, 0.29) is 23.3 Å². The van der Waals surface area contributed by atoms with Gasteiger partial charge in [-0.15, -0.1) is 0 Å². The Kier molecular flexibility index (Phi) is 7.99. The van der Waals surface area contributed by atoms with E-state index in [1.165, 1.54) is 0 Å².